The number of benzene rings is 1. The molecule has 1 aliphatic heterocycles. The molecule has 2 nitrogen and oxygen atoms in total. The van der Waals surface area contributed by atoms with Crippen LogP contribution in [-0.4, -0.2) is 24.0 Å². The summed E-state index contributed by atoms with van der Waals surface area (Å²) in [5.74, 6) is 1.02. The Kier molecular flexibility index (Phi) is 5.79. The molecule has 0 aliphatic carbocycles. The van der Waals surface area contributed by atoms with Gasteiger partial charge >= 0.3 is 0 Å². The van der Waals surface area contributed by atoms with Gasteiger partial charge in [-0.3, -0.25) is 0 Å². The van der Waals surface area contributed by atoms with Crippen molar-refractivity contribution in [1.29, 1.82) is 0 Å². The fourth-order valence-corrected chi connectivity index (χ4v) is 3.61. The van der Waals surface area contributed by atoms with E-state index in [4.69, 9.17) is 16.3 Å². The molecule has 0 aromatic heterocycles. The van der Waals surface area contributed by atoms with Crippen LogP contribution in [0.3, 0.4) is 0 Å². The van der Waals surface area contributed by atoms with E-state index in [9.17, 15) is 0 Å². The molecule has 1 atom stereocenters. The molecule has 0 amide bonds. The molecule has 2 rings (SSSR count). The topological polar surface area (TPSA) is 21.3 Å². The predicted molar refractivity (Wildman–Crippen MR) is 87.7 cm³/mol. The van der Waals surface area contributed by atoms with Crippen LogP contribution in [0.25, 0.3) is 0 Å². The third-order valence-electron chi connectivity index (χ3n) is 3.32. The summed E-state index contributed by atoms with van der Waals surface area (Å²) in [6.45, 7) is 8.23. The lowest BCUT2D eigenvalue weighted by Gasteiger charge is -2.22. The highest BCUT2D eigenvalue weighted by atomic mass is 35.5. The average Bonchev–Trinajstić information content (AvgIpc) is 2.87. The number of ether oxygens (including phenoxy) is 1. The van der Waals surface area contributed by atoms with E-state index < -0.39 is 0 Å². The molecule has 0 radical (unpaired) electrons. The van der Waals surface area contributed by atoms with E-state index in [0.29, 0.717) is 6.10 Å². The number of thioether (sulfide) groups is 1. The van der Waals surface area contributed by atoms with Crippen LogP contribution in [0, 0.1) is 0 Å². The maximum absolute atomic E-state index is 6.37. The highest BCUT2D eigenvalue weighted by molar-refractivity contribution is 7.99. The van der Waals surface area contributed by atoms with Gasteiger partial charge in [0.2, 0.25) is 0 Å². The van der Waals surface area contributed by atoms with E-state index in [-0.39, 0.29) is 5.54 Å². The van der Waals surface area contributed by atoms with Crippen LogP contribution in [0.2, 0.25) is 5.02 Å². The van der Waals surface area contributed by atoms with Gasteiger partial charge in [-0.05, 0) is 51.3 Å². The van der Waals surface area contributed by atoms with E-state index in [1.807, 2.05) is 23.9 Å². The third kappa shape index (κ3) is 4.96. The molecule has 1 aliphatic rings. The highest BCUT2D eigenvalue weighted by Gasteiger charge is 2.18. The van der Waals surface area contributed by atoms with Gasteiger partial charge in [-0.2, -0.15) is 0 Å². The summed E-state index contributed by atoms with van der Waals surface area (Å²) < 4.78 is 5.69. The first-order chi connectivity index (χ1) is 9.46. The number of rotatable bonds is 5. The Bertz CT molecular complexity index is 439. The third-order valence-corrected chi connectivity index (χ3v) is 4.91. The van der Waals surface area contributed by atoms with E-state index in [1.165, 1.54) is 23.3 Å². The Hall–Kier alpha value is -0.220. The number of hydrogen-bond donors (Lipinski definition) is 1. The summed E-state index contributed by atoms with van der Waals surface area (Å²) in [5.41, 5.74) is 1.29. The van der Waals surface area contributed by atoms with Gasteiger partial charge in [0.05, 0.1) is 6.10 Å². The highest BCUT2D eigenvalue weighted by Crippen LogP contribution is 2.31. The Morgan fingerprint density at radius 3 is 2.85 bits per heavy atom. The summed E-state index contributed by atoms with van der Waals surface area (Å²) >= 11 is 8.23. The normalized spacial score (nSPS) is 19.5. The van der Waals surface area contributed by atoms with Crippen molar-refractivity contribution in [1.82, 2.24) is 5.32 Å². The van der Waals surface area contributed by atoms with Gasteiger partial charge < -0.3 is 10.1 Å². The first kappa shape index (κ1) is 16.2. The molecule has 1 aromatic carbocycles. The Morgan fingerprint density at radius 1 is 1.40 bits per heavy atom. The van der Waals surface area contributed by atoms with E-state index >= 15 is 0 Å². The van der Waals surface area contributed by atoms with Crippen molar-refractivity contribution >= 4 is 23.4 Å². The lowest BCUT2D eigenvalue weighted by Crippen LogP contribution is -2.35. The van der Waals surface area contributed by atoms with Crippen LogP contribution in [-0.2, 0) is 11.3 Å². The maximum Gasteiger partial charge on any atom is 0.0669 e. The summed E-state index contributed by atoms with van der Waals surface area (Å²) in [7, 11) is 0. The van der Waals surface area contributed by atoms with Crippen molar-refractivity contribution < 1.29 is 4.74 Å². The molecule has 0 spiro atoms. The second-order valence-corrected chi connectivity index (χ2v) is 7.74. The molecular weight excluding hydrogens is 290 g/mol. The van der Waals surface area contributed by atoms with Crippen molar-refractivity contribution in [3.05, 3.63) is 28.8 Å². The number of nitrogens with one attached hydrogen (secondary N) is 1. The molecular formula is C16H24ClNOS. The first-order valence-corrected chi connectivity index (χ1v) is 8.59. The van der Waals surface area contributed by atoms with Crippen LogP contribution < -0.4 is 5.32 Å². The minimum Gasteiger partial charge on any atom is -0.377 e. The van der Waals surface area contributed by atoms with Gasteiger partial charge in [0.1, 0.15) is 0 Å². The maximum atomic E-state index is 6.37. The molecule has 4 heteroatoms. The van der Waals surface area contributed by atoms with Gasteiger partial charge in [0.25, 0.3) is 0 Å². The zero-order chi connectivity index (χ0) is 14.6. The molecule has 1 unspecified atom stereocenters. The molecule has 0 bridgehead atoms. The second kappa shape index (κ2) is 7.17. The predicted octanol–water partition coefficient (Wildman–Crippen LogP) is 4.50. The molecule has 1 aromatic rings. The summed E-state index contributed by atoms with van der Waals surface area (Å²) in [5, 5.41) is 4.36. The Morgan fingerprint density at radius 2 is 2.20 bits per heavy atom. The number of hydrogen-bond acceptors (Lipinski definition) is 3. The molecule has 1 N–H and O–H groups in total. The zero-order valence-corrected chi connectivity index (χ0v) is 14.1. The van der Waals surface area contributed by atoms with Gasteiger partial charge in [-0.25, -0.2) is 0 Å². The van der Waals surface area contributed by atoms with Crippen LogP contribution in [0.4, 0.5) is 0 Å². The fourth-order valence-electron chi connectivity index (χ4n) is 2.16. The standard InChI is InChI=1S/C16H24ClNOS/c1-16(2,3)18-10-13-14(17)7-4-8-15(13)20-11-12-6-5-9-19-12/h4,7-8,12,18H,5-6,9-11H2,1-3H3. The van der Waals surface area contributed by atoms with Crippen molar-refractivity contribution in [3.63, 3.8) is 0 Å². The lowest BCUT2D eigenvalue weighted by atomic mass is 10.1. The van der Waals surface area contributed by atoms with Crippen LogP contribution >= 0.6 is 23.4 Å². The smallest absolute Gasteiger partial charge is 0.0669 e. The van der Waals surface area contributed by atoms with Gasteiger partial charge in [-0.1, -0.05) is 17.7 Å². The average molecular weight is 314 g/mol. The monoisotopic (exact) mass is 313 g/mol. The van der Waals surface area contributed by atoms with E-state index in [0.717, 1.165) is 23.9 Å². The van der Waals surface area contributed by atoms with Crippen LogP contribution in [0.15, 0.2) is 23.1 Å². The quantitative estimate of drug-likeness (QED) is 0.809. The van der Waals surface area contributed by atoms with Crippen molar-refractivity contribution in [2.24, 2.45) is 0 Å². The van der Waals surface area contributed by atoms with Crippen molar-refractivity contribution in [3.8, 4) is 0 Å². The molecule has 112 valence electrons. The summed E-state index contributed by atoms with van der Waals surface area (Å²) in [6.07, 6.45) is 2.78. The molecule has 20 heavy (non-hydrogen) atoms. The lowest BCUT2D eigenvalue weighted by molar-refractivity contribution is 0.129. The van der Waals surface area contributed by atoms with Gasteiger partial charge in [0, 0.05) is 34.4 Å². The molecule has 1 saturated heterocycles. The Balaban J connectivity index is 2.01. The minimum atomic E-state index is 0.0929. The van der Waals surface area contributed by atoms with Crippen LogP contribution in [0.5, 0.6) is 0 Å². The Labute approximate surface area is 131 Å². The zero-order valence-electron chi connectivity index (χ0n) is 12.5. The summed E-state index contributed by atoms with van der Waals surface area (Å²) in [6, 6.07) is 6.16. The van der Waals surface area contributed by atoms with Gasteiger partial charge in [0.15, 0.2) is 0 Å². The molecule has 1 fully saturated rings. The SMILES string of the molecule is CC(C)(C)NCc1c(Cl)cccc1SCC1CCCO1. The van der Waals surface area contributed by atoms with E-state index in [2.05, 4.69) is 32.2 Å². The minimum absolute atomic E-state index is 0.0929. The summed E-state index contributed by atoms with van der Waals surface area (Å²) in [4.78, 5) is 1.27. The van der Waals surface area contributed by atoms with Crippen molar-refractivity contribution in [2.45, 2.75) is 56.7 Å². The largest absolute Gasteiger partial charge is 0.377 e. The second-order valence-electron chi connectivity index (χ2n) is 6.27. The fraction of sp³-hybridized carbons (Fsp3) is 0.625. The molecule has 0 saturated carbocycles. The van der Waals surface area contributed by atoms with Crippen molar-refractivity contribution in [2.75, 3.05) is 12.4 Å². The van der Waals surface area contributed by atoms with Crippen LogP contribution in [0.1, 0.15) is 39.2 Å². The number of halogens is 1. The van der Waals surface area contributed by atoms with Gasteiger partial charge in [-0.15, -0.1) is 11.8 Å². The van der Waals surface area contributed by atoms with E-state index in [1.54, 1.807) is 0 Å². The first-order valence-electron chi connectivity index (χ1n) is 7.22. The molecule has 1 heterocycles.